The maximum atomic E-state index is 11.3. The van der Waals surface area contributed by atoms with Crippen molar-refractivity contribution in [1.29, 1.82) is 0 Å². The minimum atomic E-state index is -3.49. The smallest absolute Gasteiger partial charge is 0.238 e. The van der Waals surface area contributed by atoms with Gasteiger partial charge in [-0.15, -0.1) is 0 Å². The fourth-order valence-corrected chi connectivity index (χ4v) is 3.32. The van der Waals surface area contributed by atoms with Crippen LogP contribution in [-0.4, -0.2) is 18.1 Å². The van der Waals surface area contributed by atoms with Crippen molar-refractivity contribution in [1.82, 2.24) is 4.98 Å². The molecule has 1 aromatic rings. The highest BCUT2D eigenvalue weighted by atomic mass is 35.7. The summed E-state index contributed by atoms with van der Waals surface area (Å²) in [6, 6.07) is 3.43. The Morgan fingerprint density at radius 3 is 2.60 bits per heavy atom. The Kier molecular flexibility index (Phi) is 2.69. The molecule has 2 rings (SSSR count). The van der Waals surface area contributed by atoms with E-state index in [1.54, 1.807) is 18.3 Å². The number of hydrogen-bond acceptors (Lipinski definition) is 3. The summed E-state index contributed by atoms with van der Waals surface area (Å²) in [4.78, 5) is 3.84. The van der Waals surface area contributed by atoms with Crippen LogP contribution in [0.15, 0.2) is 18.3 Å². The summed E-state index contributed by atoms with van der Waals surface area (Å²) in [5.41, 5.74) is 0.858. The molecule has 0 bridgehead atoms. The van der Waals surface area contributed by atoms with Crippen LogP contribution in [0.3, 0.4) is 0 Å². The largest absolute Gasteiger partial charge is 0.245 e. The van der Waals surface area contributed by atoms with E-state index in [-0.39, 0.29) is 0 Å². The number of aromatic nitrogens is 1. The van der Waals surface area contributed by atoms with Crippen molar-refractivity contribution in [2.45, 2.75) is 24.0 Å². The van der Waals surface area contributed by atoms with Crippen molar-refractivity contribution >= 4 is 31.3 Å². The normalized spacial score (nSPS) is 18.8. The maximum Gasteiger partial charge on any atom is 0.238 e. The van der Waals surface area contributed by atoms with Crippen molar-refractivity contribution in [2.24, 2.45) is 0 Å². The van der Waals surface area contributed by atoms with E-state index in [1.165, 1.54) is 0 Å². The van der Waals surface area contributed by atoms with Gasteiger partial charge in [0, 0.05) is 16.9 Å². The van der Waals surface area contributed by atoms with E-state index in [4.69, 9.17) is 22.3 Å². The Labute approximate surface area is 97.8 Å². The molecule has 6 heteroatoms. The van der Waals surface area contributed by atoms with Gasteiger partial charge in [0.25, 0.3) is 0 Å². The van der Waals surface area contributed by atoms with Gasteiger partial charge in [0.05, 0.1) is 4.75 Å². The number of nitrogens with zero attached hydrogens (tertiary/aromatic N) is 1. The number of pyridine rings is 1. The highest BCUT2D eigenvalue weighted by Crippen LogP contribution is 2.48. The second-order valence-corrected chi connectivity index (χ2v) is 7.13. The molecule has 0 radical (unpaired) electrons. The van der Waals surface area contributed by atoms with E-state index < -0.39 is 13.8 Å². The third-order valence-corrected chi connectivity index (χ3v) is 5.42. The van der Waals surface area contributed by atoms with Crippen LogP contribution in [0.4, 0.5) is 0 Å². The van der Waals surface area contributed by atoms with Gasteiger partial charge in [0.1, 0.15) is 5.15 Å². The molecule has 1 fully saturated rings. The van der Waals surface area contributed by atoms with Crippen LogP contribution >= 0.6 is 22.3 Å². The predicted octanol–water partition coefficient (Wildman–Crippen LogP) is 2.38. The highest BCUT2D eigenvalue weighted by molar-refractivity contribution is 8.15. The Balaban J connectivity index is 2.24. The van der Waals surface area contributed by atoms with Crippen LogP contribution in [-0.2, 0) is 15.5 Å². The second-order valence-electron chi connectivity index (χ2n) is 3.78. The molecule has 0 atom stereocenters. The van der Waals surface area contributed by atoms with Gasteiger partial charge in [-0.25, -0.2) is 13.4 Å². The summed E-state index contributed by atoms with van der Waals surface area (Å²) in [6.45, 7) is 0. The third-order valence-electron chi connectivity index (χ3n) is 2.64. The summed E-state index contributed by atoms with van der Waals surface area (Å²) in [5, 5.41) is 0.371. The van der Waals surface area contributed by atoms with Gasteiger partial charge in [0.15, 0.2) is 0 Å². The van der Waals surface area contributed by atoms with E-state index in [9.17, 15) is 8.42 Å². The molecule has 0 aromatic carbocycles. The molecular formula is C9H9Cl2NO2S. The molecule has 3 nitrogen and oxygen atoms in total. The Morgan fingerprint density at radius 1 is 1.47 bits per heavy atom. The standard InChI is InChI=1S/C9H9Cl2NO2S/c10-8-5-7(1-4-12-8)6-9(2-3-9)15(11,13)14/h1,4-5H,2-3,6H2. The lowest BCUT2D eigenvalue weighted by Crippen LogP contribution is -2.20. The van der Waals surface area contributed by atoms with Crippen molar-refractivity contribution in [3.05, 3.63) is 29.0 Å². The van der Waals surface area contributed by atoms with Crippen LogP contribution in [0.2, 0.25) is 5.15 Å². The molecule has 1 saturated carbocycles. The fourth-order valence-electron chi connectivity index (χ4n) is 1.57. The quantitative estimate of drug-likeness (QED) is 0.623. The van der Waals surface area contributed by atoms with Gasteiger partial charge in [-0.05, 0) is 37.0 Å². The van der Waals surface area contributed by atoms with Crippen molar-refractivity contribution < 1.29 is 8.42 Å². The van der Waals surface area contributed by atoms with Gasteiger partial charge >= 0.3 is 0 Å². The zero-order valence-electron chi connectivity index (χ0n) is 7.78. The molecule has 0 spiro atoms. The zero-order valence-corrected chi connectivity index (χ0v) is 10.1. The lowest BCUT2D eigenvalue weighted by atomic mass is 10.1. The lowest BCUT2D eigenvalue weighted by molar-refractivity contribution is 0.590. The molecule has 1 aromatic heterocycles. The Bertz CT molecular complexity index is 483. The second kappa shape index (κ2) is 3.61. The summed E-state index contributed by atoms with van der Waals surface area (Å²) < 4.78 is 21.9. The summed E-state index contributed by atoms with van der Waals surface area (Å²) >= 11 is 5.71. The molecule has 1 heterocycles. The van der Waals surface area contributed by atoms with Crippen LogP contribution < -0.4 is 0 Å². The molecule has 0 unspecified atom stereocenters. The predicted molar refractivity (Wildman–Crippen MR) is 59.7 cm³/mol. The first-order valence-corrected chi connectivity index (χ1v) is 7.16. The van der Waals surface area contributed by atoms with E-state index in [0.29, 0.717) is 24.4 Å². The fraction of sp³-hybridized carbons (Fsp3) is 0.444. The SMILES string of the molecule is O=S(=O)(Cl)C1(Cc2ccnc(Cl)c2)CC1. The van der Waals surface area contributed by atoms with Crippen molar-refractivity contribution in [3.63, 3.8) is 0 Å². The Hall–Kier alpha value is -0.320. The Morgan fingerprint density at radius 2 is 2.13 bits per heavy atom. The van der Waals surface area contributed by atoms with Crippen LogP contribution in [0.25, 0.3) is 0 Å². The van der Waals surface area contributed by atoms with Crippen LogP contribution in [0, 0.1) is 0 Å². The van der Waals surface area contributed by atoms with Gasteiger partial charge in [-0.1, -0.05) is 11.6 Å². The van der Waals surface area contributed by atoms with E-state index in [1.807, 2.05) is 0 Å². The molecule has 82 valence electrons. The first-order chi connectivity index (χ1) is 6.93. The average Bonchev–Trinajstić information content (AvgIpc) is 2.84. The van der Waals surface area contributed by atoms with E-state index >= 15 is 0 Å². The molecule has 1 aliphatic carbocycles. The maximum absolute atomic E-state index is 11.3. The molecule has 0 saturated heterocycles. The first-order valence-electron chi connectivity index (χ1n) is 4.48. The molecule has 0 amide bonds. The topological polar surface area (TPSA) is 47.0 Å². The third kappa shape index (κ3) is 2.27. The highest BCUT2D eigenvalue weighted by Gasteiger charge is 2.53. The van der Waals surface area contributed by atoms with Crippen molar-refractivity contribution in [3.8, 4) is 0 Å². The summed E-state index contributed by atoms with van der Waals surface area (Å²) in [7, 11) is 1.91. The monoisotopic (exact) mass is 265 g/mol. The number of halogens is 2. The van der Waals surface area contributed by atoms with Crippen molar-refractivity contribution in [2.75, 3.05) is 0 Å². The van der Waals surface area contributed by atoms with Gasteiger partial charge in [0.2, 0.25) is 9.05 Å². The number of hydrogen-bond donors (Lipinski definition) is 0. The molecule has 1 aliphatic rings. The van der Waals surface area contributed by atoms with E-state index in [0.717, 1.165) is 5.56 Å². The average molecular weight is 266 g/mol. The molecule has 0 aliphatic heterocycles. The zero-order chi connectivity index (χ0) is 11.1. The molecule has 0 N–H and O–H groups in total. The first kappa shape index (κ1) is 11.2. The molecule has 15 heavy (non-hydrogen) atoms. The summed E-state index contributed by atoms with van der Waals surface area (Å²) in [6.07, 6.45) is 3.23. The van der Waals surface area contributed by atoms with Gasteiger partial charge in [-0.2, -0.15) is 0 Å². The minimum absolute atomic E-state index is 0.371. The minimum Gasteiger partial charge on any atom is -0.245 e. The van der Waals surface area contributed by atoms with Gasteiger partial charge < -0.3 is 0 Å². The summed E-state index contributed by atoms with van der Waals surface area (Å²) in [5.74, 6) is 0. The lowest BCUT2D eigenvalue weighted by Gasteiger charge is -2.10. The van der Waals surface area contributed by atoms with Crippen LogP contribution in [0.5, 0.6) is 0 Å². The molecular weight excluding hydrogens is 257 g/mol. The van der Waals surface area contributed by atoms with E-state index in [2.05, 4.69) is 4.98 Å². The van der Waals surface area contributed by atoms with Gasteiger partial charge in [-0.3, -0.25) is 0 Å². The van der Waals surface area contributed by atoms with Crippen LogP contribution in [0.1, 0.15) is 18.4 Å². The number of rotatable bonds is 3.